The highest BCUT2D eigenvalue weighted by Gasteiger charge is 2.28. The molecule has 0 radical (unpaired) electrons. The Kier molecular flexibility index (Phi) is 4.52. The lowest BCUT2D eigenvalue weighted by atomic mass is 10.1. The first-order valence-corrected chi connectivity index (χ1v) is 8.37. The van der Waals surface area contributed by atoms with Crippen LogP contribution in [0, 0.1) is 0 Å². The third-order valence-electron chi connectivity index (χ3n) is 4.03. The number of urea groups is 1. The SMILES string of the molecule is O=C1CNC(=O)N1Cc1cccc(-c2nc(COc3ccccc3)no2)c1. The summed E-state index contributed by atoms with van der Waals surface area (Å²) >= 11 is 0. The quantitative estimate of drug-likeness (QED) is 0.675. The second kappa shape index (κ2) is 7.28. The Morgan fingerprint density at radius 2 is 1.96 bits per heavy atom. The highest BCUT2D eigenvalue weighted by Crippen LogP contribution is 2.20. The number of carbonyl (C=O) groups excluding carboxylic acids is 2. The van der Waals surface area contributed by atoms with E-state index in [2.05, 4.69) is 15.5 Å². The predicted molar refractivity (Wildman–Crippen MR) is 94.5 cm³/mol. The van der Waals surface area contributed by atoms with Gasteiger partial charge in [-0.1, -0.05) is 35.5 Å². The molecule has 0 unspecified atom stereocenters. The molecule has 2 aromatic carbocycles. The van der Waals surface area contributed by atoms with Crippen molar-refractivity contribution in [3.63, 3.8) is 0 Å². The maximum atomic E-state index is 11.7. The Labute approximate surface area is 154 Å². The zero-order valence-electron chi connectivity index (χ0n) is 14.3. The Bertz CT molecular complexity index is 955. The summed E-state index contributed by atoms with van der Waals surface area (Å²) < 4.78 is 10.9. The fraction of sp³-hybridized carbons (Fsp3) is 0.158. The first-order chi connectivity index (χ1) is 13.2. The van der Waals surface area contributed by atoms with E-state index in [-0.39, 0.29) is 31.6 Å². The van der Waals surface area contributed by atoms with Crippen LogP contribution < -0.4 is 10.1 Å². The molecular weight excluding hydrogens is 348 g/mol. The smallest absolute Gasteiger partial charge is 0.324 e. The van der Waals surface area contributed by atoms with Crippen molar-refractivity contribution in [1.82, 2.24) is 20.4 Å². The predicted octanol–water partition coefficient (Wildman–Crippen LogP) is 2.37. The highest BCUT2D eigenvalue weighted by atomic mass is 16.5. The zero-order chi connectivity index (χ0) is 18.6. The molecule has 1 aliphatic heterocycles. The summed E-state index contributed by atoms with van der Waals surface area (Å²) in [6, 6.07) is 16.3. The van der Waals surface area contributed by atoms with Gasteiger partial charge in [0.25, 0.3) is 5.89 Å². The second-order valence-electron chi connectivity index (χ2n) is 5.96. The number of para-hydroxylation sites is 1. The molecule has 2 heterocycles. The molecule has 0 spiro atoms. The van der Waals surface area contributed by atoms with Crippen molar-refractivity contribution < 1.29 is 18.8 Å². The van der Waals surface area contributed by atoms with Crippen LogP contribution >= 0.6 is 0 Å². The highest BCUT2D eigenvalue weighted by molar-refractivity contribution is 6.01. The van der Waals surface area contributed by atoms with E-state index in [4.69, 9.17) is 9.26 Å². The lowest BCUT2D eigenvalue weighted by molar-refractivity contribution is -0.125. The van der Waals surface area contributed by atoms with Gasteiger partial charge < -0.3 is 14.6 Å². The number of aromatic nitrogens is 2. The molecule has 8 nitrogen and oxygen atoms in total. The molecule has 1 aromatic heterocycles. The van der Waals surface area contributed by atoms with Crippen LogP contribution in [0.1, 0.15) is 11.4 Å². The number of hydrogen-bond donors (Lipinski definition) is 1. The van der Waals surface area contributed by atoms with Gasteiger partial charge in [-0.3, -0.25) is 9.69 Å². The van der Waals surface area contributed by atoms with E-state index in [1.165, 1.54) is 4.90 Å². The van der Waals surface area contributed by atoms with E-state index in [9.17, 15) is 9.59 Å². The minimum Gasteiger partial charge on any atom is -0.485 e. The largest absolute Gasteiger partial charge is 0.485 e. The van der Waals surface area contributed by atoms with Gasteiger partial charge in [0.05, 0.1) is 13.1 Å². The number of rotatable bonds is 6. The van der Waals surface area contributed by atoms with Crippen LogP contribution in [0.15, 0.2) is 59.1 Å². The van der Waals surface area contributed by atoms with Gasteiger partial charge in [-0.25, -0.2) is 4.79 Å². The van der Waals surface area contributed by atoms with E-state index in [1.54, 1.807) is 0 Å². The molecule has 0 atom stereocenters. The molecule has 4 rings (SSSR count). The van der Waals surface area contributed by atoms with Gasteiger partial charge in [-0.2, -0.15) is 4.98 Å². The molecule has 8 heteroatoms. The van der Waals surface area contributed by atoms with Crippen molar-refractivity contribution in [3.05, 3.63) is 66.0 Å². The van der Waals surface area contributed by atoms with Crippen molar-refractivity contribution in [2.45, 2.75) is 13.2 Å². The molecular formula is C19H16N4O4. The number of carbonyl (C=O) groups is 2. The van der Waals surface area contributed by atoms with Crippen LogP contribution in [0.5, 0.6) is 5.75 Å². The molecule has 0 aliphatic carbocycles. The van der Waals surface area contributed by atoms with Crippen LogP contribution in [0.3, 0.4) is 0 Å². The third-order valence-corrected chi connectivity index (χ3v) is 4.03. The number of nitrogens with zero attached hydrogens (tertiary/aromatic N) is 3. The Balaban J connectivity index is 1.45. The fourth-order valence-electron chi connectivity index (χ4n) is 2.70. The van der Waals surface area contributed by atoms with Gasteiger partial charge in [0.2, 0.25) is 11.7 Å². The number of imide groups is 1. The van der Waals surface area contributed by atoms with Crippen LogP contribution in [0.25, 0.3) is 11.5 Å². The van der Waals surface area contributed by atoms with Crippen molar-refractivity contribution in [1.29, 1.82) is 0 Å². The molecule has 1 N–H and O–H groups in total. The van der Waals surface area contributed by atoms with Gasteiger partial charge in [-0.15, -0.1) is 0 Å². The zero-order valence-corrected chi connectivity index (χ0v) is 14.3. The average Bonchev–Trinajstić information content (AvgIpc) is 3.30. The van der Waals surface area contributed by atoms with Crippen molar-refractivity contribution in [3.8, 4) is 17.2 Å². The lowest BCUT2D eigenvalue weighted by Gasteiger charge is -2.12. The summed E-state index contributed by atoms with van der Waals surface area (Å²) in [4.78, 5) is 28.9. The first kappa shape index (κ1) is 16.8. The van der Waals surface area contributed by atoms with Gasteiger partial charge in [0.1, 0.15) is 5.75 Å². The Morgan fingerprint density at radius 3 is 2.74 bits per heavy atom. The lowest BCUT2D eigenvalue weighted by Crippen LogP contribution is -2.30. The molecule has 136 valence electrons. The number of amides is 3. The molecule has 1 fully saturated rings. The standard InChI is InChI=1S/C19H16N4O4/c24-17-10-20-19(25)23(17)11-13-5-4-6-14(9-13)18-21-16(22-27-18)12-26-15-7-2-1-3-8-15/h1-9H,10-12H2,(H,20,25). The van der Waals surface area contributed by atoms with Crippen LogP contribution in [-0.2, 0) is 17.9 Å². The van der Waals surface area contributed by atoms with E-state index in [1.807, 2.05) is 54.6 Å². The summed E-state index contributed by atoms with van der Waals surface area (Å²) in [7, 11) is 0. The van der Waals surface area contributed by atoms with E-state index in [0.29, 0.717) is 17.3 Å². The van der Waals surface area contributed by atoms with Gasteiger partial charge >= 0.3 is 6.03 Å². The van der Waals surface area contributed by atoms with Crippen molar-refractivity contribution in [2.24, 2.45) is 0 Å². The molecule has 27 heavy (non-hydrogen) atoms. The number of ether oxygens (including phenoxy) is 1. The number of benzene rings is 2. The second-order valence-corrected chi connectivity index (χ2v) is 5.96. The third kappa shape index (κ3) is 3.79. The molecule has 3 amide bonds. The minimum atomic E-state index is -0.386. The summed E-state index contributed by atoms with van der Waals surface area (Å²) in [5.41, 5.74) is 1.50. The van der Waals surface area contributed by atoms with Gasteiger partial charge in [0, 0.05) is 5.56 Å². The average molecular weight is 364 g/mol. The maximum Gasteiger partial charge on any atom is 0.324 e. The summed E-state index contributed by atoms with van der Waals surface area (Å²) in [6.45, 7) is 0.416. The first-order valence-electron chi connectivity index (χ1n) is 8.37. The van der Waals surface area contributed by atoms with Crippen molar-refractivity contribution >= 4 is 11.9 Å². The van der Waals surface area contributed by atoms with Crippen LogP contribution in [0.4, 0.5) is 4.79 Å². The van der Waals surface area contributed by atoms with E-state index < -0.39 is 0 Å². The topological polar surface area (TPSA) is 97.6 Å². The number of hydrogen-bond acceptors (Lipinski definition) is 6. The summed E-state index contributed by atoms with van der Waals surface area (Å²) in [5, 5.41) is 6.42. The molecule has 1 aliphatic rings. The van der Waals surface area contributed by atoms with Gasteiger partial charge in [0.15, 0.2) is 6.61 Å². The monoisotopic (exact) mass is 364 g/mol. The molecule has 1 saturated heterocycles. The van der Waals surface area contributed by atoms with Gasteiger partial charge in [-0.05, 0) is 29.8 Å². The van der Waals surface area contributed by atoms with Crippen LogP contribution in [0.2, 0.25) is 0 Å². The Morgan fingerprint density at radius 1 is 1.11 bits per heavy atom. The summed E-state index contributed by atoms with van der Waals surface area (Å²) in [5.74, 6) is 1.25. The number of nitrogens with one attached hydrogen (secondary N) is 1. The van der Waals surface area contributed by atoms with Crippen LogP contribution in [-0.4, -0.2) is 33.5 Å². The molecule has 0 saturated carbocycles. The van der Waals surface area contributed by atoms with E-state index >= 15 is 0 Å². The van der Waals surface area contributed by atoms with E-state index in [0.717, 1.165) is 11.3 Å². The molecule has 3 aromatic rings. The minimum absolute atomic E-state index is 0.0347. The van der Waals surface area contributed by atoms with Crippen molar-refractivity contribution in [2.75, 3.05) is 6.54 Å². The Hall–Kier alpha value is -3.68. The fourth-order valence-corrected chi connectivity index (χ4v) is 2.70. The molecule has 0 bridgehead atoms. The maximum absolute atomic E-state index is 11.7. The summed E-state index contributed by atoms with van der Waals surface area (Å²) in [6.07, 6.45) is 0. The normalized spacial score (nSPS) is 13.7.